The minimum Gasteiger partial charge on any atom is -0.464 e. The molecule has 0 aliphatic rings. The molecule has 0 bridgehead atoms. The van der Waals surface area contributed by atoms with Gasteiger partial charge in [0.15, 0.2) is 0 Å². The monoisotopic (exact) mass is 490 g/mol. The first-order valence-electron chi connectivity index (χ1n) is 9.63. The van der Waals surface area contributed by atoms with Gasteiger partial charge in [-0.2, -0.15) is 6.07 Å². The third-order valence-corrected chi connectivity index (χ3v) is 5.55. The number of carbonyl (C=O) groups is 1. The Hall–Kier alpha value is -2.08. The molecule has 0 saturated heterocycles. The number of furan rings is 1. The molecular weight excluding hydrogens is 469 g/mol. The van der Waals surface area contributed by atoms with Gasteiger partial charge < -0.3 is 20.7 Å². The molecule has 4 aromatic rings. The van der Waals surface area contributed by atoms with Crippen LogP contribution in [0, 0.1) is 5.38 Å². The van der Waals surface area contributed by atoms with Gasteiger partial charge in [-0.3, -0.25) is 9.78 Å². The second kappa shape index (κ2) is 11.4. The van der Waals surface area contributed by atoms with Crippen LogP contribution in [-0.2, 0) is 39.1 Å². The van der Waals surface area contributed by atoms with Crippen molar-refractivity contribution >= 4 is 22.9 Å². The molecule has 0 atom stereocenters. The number of amides is 1. The van der Waals surface area contributed by atoms with Crippen LogP contribution in [0.3, 0.4) is 0 Å². The molecule has 149 valence electrons. The van der Waals surface area contributed by atoms with Gasteiger partial charge in [-0.15, -0.1) is 10.3 Å². The standard InChI is InChI=1S/C24H21N2O2S.Y/c27-24(22-9-1-3-15-25-22)26(16-4-2-7-21-8-6-18-29-21)20-13-11-19(12-14-20)23-10-5-17-28-23;/h1,3,5-6,8-15,17H,2,4,7,16H2;/q-1;. The molecule has 0 aliphatic carbocycles. The molecule has 0 fully saturated rings. The average molecular weight is 490 g/mol. The summed E-state index contributed by atoms with van der Waals surface area (Å²) in [5.74, 6) is 0.729. The Morgan fingerprint density at radius 3 is 2.57 bits per heavy atom. The summed E-state index contributed by atoms with van der Waals surface area (Å²) in [4.78, 5) is 20.5. The maximum atomic E-state index is 13.1. The van der Waals surface area contributed by atoms with Gasteiger partial charge in [-0.25, -0.2) is 6.07 Å². The van der Waals surface area contributed by atoms with Crippen molar-refractivity contribution in [2.75, 3.05) is 11.4 Å². The van der Waals surface area contributed by atoms with E-state index in [1.807, 2.05) is 59.5 Å². The van der Waals surface area contributed by atoms with Gasteiger partial charge in [0.25, 0.3) is 5.91 Å². The van der Waals surface area contributed by atoms with E-state index in [-0.39, 0.29) is 38.6 Å². The average Bonchev–Trinajstić information content (AvgIpc) is 3.49. The van der Waals surface area contributed by atoms with E-state index >= 15 is 0 Å². The third-order valence-electron chi connectivity index (χ3n) is 4.70. The van der Waals surface area contributed by atoms with E-state index in [1.54, 1.807) is 29.9 Å². The van der Waals surface area contributed by atoms with Gasteiger partial charge in [0.05, 0.1) is 6.26 Å². The Bertz CT molecular complexity index is 1020. The zero-order valence-corrected chi connectivity index (χ0v) is 20.2. The molecule has 0 aliphatic heterocycles. The van der Waals surface area contributed by atoms with E-state index in [0.717, 1.165) is 36.3 Å². The van der Waals surface area contributed by atoms with Crippen LogP contribution in [0.15, 0.2) is 83.6 Å². The number of unbranched alkanes of at least 4 members (excludes halogenated alkanes) is 1. The Morgan fingerprint density at radius 2 is 1.90 bits per heavy atom. The van der Waals surface area contributed by atoms with Crippen LogP contribution in [0.4, 0.5) is 5.69 Å². The number of pyridine rings is 1. The Kier molecular flexibility index (Phi) is 8.55. The van der Waals surface area contributed by atoms with Crippen molar-refractivity contribution in [2.45, 2.75) is 19.3 Å². The van der Waals surface area contributed by atoms with E-state index < -0.39 is 0 Å². The second-order valence-corrected chi connectivity index (χ2v) is 7.64. The van der Waals surface area contributed by atoms with Crippen molar-refractivity contribution in [3.05, 3.63) is 95.1 Å². The van der Waals surface area contributed by atoms with Crippen molar-refractivity contribution in [3.63, 3.8) is 0 Å². The predicted octanol–water partition coefficient (Wildman–Crippen LogP) is 5.87. The molecule has 1 amide bonds. The van der Waals surface area contributed by atoms with E-state index in [4.69, 9.17) is 4.42 Å². The van der Waals surface area contributed by atoms with Crippen LogP contribution in [0.25, 0.3) is 11.3 Å². The molecule has 1 aromatic carbocycles. The molecule has 0 unspecified atom stereocenters. The minimum atomic E-state index is -0.0826. The third kappa shape index (κ3) is 5.75. The van der Waals surface area contributed by atoms with E-state index in [0.29, 0.717) is 12.2 Å². The first-order valence-corrected chi connectivity index (χ1v) is 10.4. The summed E-state index contributed by atoms with van der Waals surface area (Å²) in [5, 5.41) is 3.12. The summed E-state index contributed by atoms with van der Waals surface area (Å²) in [5.41, 5.74) is 2.30. The number of aryl methyl sites for hydroxylation is 1. The van der Waals surface area contributed by atoms with Crippen LogP contribution in [0.2, 0.25) is 0 Å². The zero-order valence-electron chi connectivity index (χ0n) is 16.5. The summed E-state index contributed by atoms with van der Waals surface area (Å²) >= 11 is 1.66. The first-order chi connectivity index (χ1) is 14.3. The first kappa shape index (κ1) is 22.6. The molecule has 0 spiro atoms. The molecule has 30 heavy (non-hydrogen) atoms. The van der Waals surface area contributed by atoms with E-state index in [2.05, 4.69) is 16.4 Å². The second-order valence-electron chi connectivity index (χ2n) is 6.67. The van der Waals surface area contributed by atoms with E-state index in [9.17, 15) is 4.79 Å². The molecule has 1 radical (unpaired) electrons. The normalized spacial score (nSPS) is 10.4. The van der Waals surface area contributed by atoms with Gasteiger partial charge in [-0.05, 0) is 55.0 Å². The zero-order chi connectivity index (χ0) is 19.9. The summed E-state index contributed by atoms with van der Waals surface area (Å²) in [6, 6.07) is 21.2. The van der Waals surface area contributed by atoms with Crippen LogP contribution < -0.4 is 4.90 Å². The number of anilines is 1. The van der Waals surface area contributed by atoms with Crippen LogP contribution in [0.1, 0.15) is 28.2 Å². The van der Waals surface area contributed by atoms with Gasteiger partial charge in [0.2, 0.25) is 0 Å². The smallest absolute Gasteiger partial charge is 0.276 e. The molecule has 0 saturated carbocycles. The summed E-state index contributed by atoms with van der Waals surface area (Å²) in [6.45, 7) is 0.643. The predicted molar refractivity (Wildman–Crippen MR) is 116 cm³/mol. The van der Waals surface area contributed by atoms with Crippen molar-refractivity contribution in [3.8, 4) is 11.3 Å². The number of benzene rings is 1. The van der Waals surface area contributed by atoms with Crippen molar-refractivity contribution < 1.29 is 41.9 Å². The summed E-state index contributed by atoms with van der Waals surface area (Å²) in [6.07, 6.45) is 6.25. The number of thiophene rings is 1. The Morgan fingerprint density at radius 1 is 1.03 bits per heavy atom. The molecule has 6 heteroatoms. The Balaban J connectivity index is 0.00000256. The largest absolute Gasteiger partial charge is 0.464 e. The van der Waals surface area contributed by atoms with Gasteiger partial charge in [-0.1, -0.05) is 18.9 Å². The summed E-state index contributed by atoms with van der Waals surface area (Å²) < 4.78 is 5.46. The summed E-state index contributed by atoms with van der Waals surface area (Å²) in [7, 11) is 0. The number of hydrogen-bond acceptors (Lipinski definition) is 4. The SMILES string of the molecule is O=C(c1ccccn1)N(CCCCc1cc[c-]s1)c1ccc(-c2ccco2)cc1.[Y]. The fourth-order valence-corrected chi connectivity index (χ4v) is 3.87. The number of nitrogens with zero attached hydrogens (tertiary/aromatic N) is 2. The van der Waals surface area contributed by atoms with Crippen molar-refractivity contribution in [2.24, 2.45) is 0 Å². The molecule has 3 heterocycles. The Labute approximate surface area is 205 Å². The maximum Gasteiger partial charge on any atom is 0.276 e. The van der Waals surface area contributed by atoms with Crippen LogP contribution >= 0.6 is 11.3 Å². The topological polar surface area (TPSA) is 46.3 Å². The number of hydrogen-bond donors (Lipinski definition) is 0. The van der Waals surface area contributed by atoms with Gasteiger partial charge in [0, 0.05) is 56.7 Å². The van der Waals surface area contributed by atoms with Gasteiger partial charge >= 0.3 is 0 Å². The molecule has 0 N–H and O–H groups in total. The molecule has 3 aromatic heterocycles. The number of carbonyl (C=O) groups excluding carboxylic acids is 1. The van der Waals surface area contributed by atoms with E-state index in [1.165, 1.54) is 4.88 Å². The maximum absolute atomic E-state index is 13.1. The van der Waals surface area contributed by atoms with Crippen molar-refractivity contribution in [1.29, 1.82) is 0 Å². The van der Waals surface area contributed by atoms with Crippen LogP contribution in [0.5, 0.6) is 0 Å². The van der Waals surface area contributed by atoms with Crippen LogP contribution in [-0.4, -0.2) is 17.4 Å². The number of rotatable bonds is 8. The fraction of sp³-hybridized carbons (Fsp3) is 0.167. The minimum absolute atomic E-state index is 0. The molecule has 4 rings (SSSR count). The van der Waals surface area contributed by atoms with Gasteiger partial charge in [0.1, 0.15) is 11.5 Å². The molecule has 4 nitrogen and oxygen atoms in total. The quantitative estimate of drug-likeness (QED) is 0.229. The number of aromatic nitrogens is 1. The van der Waals surface area contributed by atoms with Crippen molar-refractivity contribution in [1.82, 2.24) is 4.98 Å². The molecular formula is C24H21N2O2SY-. The fourth-order valence-electron chi connectivity index (χ4n) is 3.20.